The van der Waals surface area contributed by atoms with Crippen LogP contribution in [-0.4, -0.2) is 42.2 Å². The molecule has 4 heteroatoms. The molecular weight excluding hydrogens is 188 g/mol. The van der Waals surface area contributed by atoms with Crippen LogP contribution in [0.2, 0.25) is 0 Å². The van der Waals surface area contributed by atoms with Crippen molar-refractivity contribution in [2.75, 3.05) is 19.7 Å². The standard InChI is InChI=1S/C10H17F2NO/c11-10(12)8-13(6-7-14)9-4-2-1-3-5-9/h2,4,9-10,14H,1,3,5-8H2. The Morgan fingerprint density at radius 3 is 2.79 bits per heavy atom. The largest absolute Gasteiger partial charge is 0.395 e. The fourth-order valence-corrected chi connectivity index (χ4v) is 1.80. The molecule has 1 unspecified atom stereocenters. The van der Waals surface area contributed by atoms with E-state index in [1.807, 2.05) is 12.2 Å². The van der Waals surface area contributed by atoms with Gasteiger partial charge in [0.25, 0.3) is 6.43 Å². The van der Waals surface area contributed by atoms with Crippen LogP contribution in [0.3, 0.4) is 0 Å². The van der Waals surface area contributed by atoms with Crippen molar-refractivity contribution in [2.24, 2.45) is 0 Å². The highest BCUT2D eigenvalue weighted by molar-refractivity contribution is 4.98. The molecule has 14 heavy (non-hydrogen) atoms. The van der Waals surface area contributed by atoms with Crippen LogP contribution in [0.25, 0.3) is 0 Å². The van der Waals surface area contributed by atoms with Gasteiger partial charge >= 0.3 is 0 Å². The van der Waals surface area contributed by atoms with Gasteiger partial charge in [0.2, 0.25) is 0 Å². The highest BCUT2D eigenvalue weighted by Crippen LogP contribution is 2.17. The van der Waals surface area contributed by atoms with E-state index in [1.165, 1.54) is 0 Å². The molecule has 0 heterocycles. The van der Waals surface area contributed by atoms with E-state index in [-0.39, 0.29) is 19.2 Å². The molecule has 0 fully saturated rings. The van der Waals surface area contributed by atoms with Gasteiger partial charge in [-0.1, -0.05) is 12.2 Å². The van der Waals surface area contributed by atoms with Gasteiger partial charge in [-0.15, -0.1) is 0 Å². The Kier molecular flexibility index (Phi) is 5.04. The lowest BCUT2D eigenvalue weighted by molar-refractivity contribution is 0.0618. The maximum absolute atomic E-state index is 12.2. The van der Waals surface area contributed by atoms with E-state index >= 15 is 0 Å². The van der Waals surface area contributed by atoms with Crippen molar-refractivity contribution >= 4 is 0 Å². The summed E-state index contributed by atoms with van der Waals surface area (Å²) in [5, 5.41) is 8.77. The quantitative estimate of drug-likeness (QED) is 0.690. The molecule has 0 bridgehead atoms. The zero-order chi connectivity index (χ0) is 10.4. The minimum Gasteiger partial charge on any atom is -0.395 e. The van der Waals surface area contributed by atoms with Crippen molar-refractivity contribution in [3.63, 3.8) is 0 Å². The fraction of sp³-hybridized carbons (Fsp3) is 0.800. The van der Waals surface area contributed by atoms with Crippen molar-refractivity contribution in [3.05, 3.63) is 12.2 Å². The van der Waals surface area contributed by atoms with Crippen LogP contribution < -0.4 is 0 Å². The maximum Gasteiger partial charge on any atom is 0.251 e. The molecule has 1 atom stereocenters. The number of aliphatic hydroxyl groups is 1. The van der Waals surface area contributed by atoms with E-state index in [0.29, 0.717) is 6.54 Å². The van der Waals surface area contributed by atoms with Crippen LogP contribution in [0.15, 0.2) is 12.2 Å². The van der Waals surface area contributed by atoms with E-state index in [1.54, 1.807) is 4.90 Å². The van der Waals surface area contributed by atoms with Gasteiger partial charge in [0.15, 0.2) is 0 Å². The first-order valence-corrected chi connectivity index (χ1v) is 5.03. The third-order valence-electron chi connectivity index (χ3n) is 2.46. The molecule has 1 rings (SSSR count). The van der Waals surface area contributed by atoms with Gasteiger partial charge in [-0.05, 0) is 19.3 Å². The minimum absolute atomic E-state index is 0.0585. The Morgan fingerprint density at radius 2 is 2.29 bits per heavy atom. The third-order valence-corrected chi connectivity index (χ3v) is 2.46. The Bertz CT molecular complexity index is 185. The minimum atomic E-state index is -2.32. The van der Waals surface area contributed by atoms with Crippen molar-refractivity contribution in [1.29, 1.82) is 0 Å². The van der Waals surface area contributed by atoms with Crippen LogP contribution in [0, 0.1) is 0 Å². The van der Waals surface area contributed by atoms with E-state index in [4.69, 9.17) is 5.11 Å². The van der Waals surface area contributed by atoms with Crippen molar-refractivity contribution in [1.82, 2.24) is 4.90 Å². The van der Waals surface area contributed by atoms with Gasteiger partial charge in [0.05, 0.1) is 13.2 Å². The first-order valence-electron chi connectivity index (χ1n) is 5.03. The van der Waals surface area contributed by atoms with Gasteiger partial charge in [0, 0.05) is 12.6 Å². The second kappa shape index (κ2) is 6.09. The van der Waals surface area contributed by atoms with E-state index in [2.05, 4.69) is 0 Å². The van der Waals surface area contributed by atoms with Gasteiger partial charge in [-0.25, -0.2) is 8.78 Å². The lowest BCUT2D eigenvalue weighted by Gasteiger charge is -2.30. The topological polar surface area (TPSA) is 23.5 Å². The Labute approximate surface area is 83.2 Å². The predicted molar refractivity (Wildman–Crippen MR) is 51.4 cm³/mol. The number of hydrogen-bond acceptors (Lipinski definition) is 2. The number of nitrogens with zero attached hydrogens (tertiary/aromatic N) is 1. The van der Waals surface area contributed by atoms with Crippen molar-refractivity contribution in [2.45, 2.75) is 31.7 Å². The van der Waals surface area contributed by atoms with Crippen LogP contribution in [0.1, 0.15) is 19.3 Å². The van der Waals surface area contributed by atoms with Gasteiger partial charge in [-0.2, -0.15) is 0 Å². The van der Waals surface area contributed by atoms with Gasteiger partial charge < -0.3 is 5.11 Å². The summed E-state index contributed by atoms with van der Waals surface area (Å²) in [7, 11) is 0. The molecule has 82 valence electrons. The summed E-state index contributed by atoms with van der Waals surface area (Å²) >= 11 is 0. The first kappa shape index (κ1) is 11.6. The van der Waals surface area contributed by atoms with Crippen LogP contribution >= 0.6 is 0 Å². The zero-order valence-electron chi connectivity index (χ0n) is 8.20. The summed E-state index contributed by atoms with van der Waals surface area (Å²) in [5.41, 5.74) is 0. The summed E-state index contributed by atoms with van der Waals surface area (Å²) < 4.78 is 24.4. The van der Waals surface area contributed by atoms with Crippen LogP contribution in [0.4, 0.5) is 8.78 Å². The summed E-state index contributed by atoms with van der Waals surface area (Å²) in [4.78, 5) is 1.65. The molecule has 2 nitrogen and oxygen atoms in total. The number of alkyl halides is 2. The monoisotopic (exact) mass is 205 g/mol. The first-order chi connectivity index (χ1) is 6.74. The second-order valence-corrected chi connectivity index (χ2v) is 3.54. The van der Waals surface area contributed by atoms with Crippen molar-refractivity contribution < 1.29 is 13.9 Å². The second-order valence-electron chi connectivity index (χ2n) is 3.54. The molecular formula is C10H17F2NO. The molecule has 0 amide bonds. The Hall–Kier alpha value is -0.480. The Balaban J connectivity index is 2.47. The molecule has 0 aromatic rings. The molecule has 1 aliphatic rings. The van der Waals surface area contributed by atoms with E-state index in [0.717, 1.165) is 19.3 Å². The number of halogens is 2. The predicted octanol–water partition coefficient (Wildman–Crippen LogP) is 1.65. The zero-order valence-corrected chi connectivity index (χ0v) is 8.20. The van der Waals surface area contributed by atoms with Crippen molar-refractivity contribution in [3.8, 4) is 0 Å². The number of hydrogen-bond donors (Lipinski definition) is 1. The van der Waals surface area contributed by atoms with E-state index in [9.17, 15) is 8.78 Å². The molecule has 0 saturated carbocycles. The summed E-state index contributed by atoms with van der Waals surface area (Å²) in [6, 6.07) is 0.0879. The molecule has 1 N–H and O–H groups in total. The summed E-state index contributed by atoms with van der Waals surface area (Å²) in [5.74, 6) is 0. The maximum atomic E-state index is 12.2. The smallest absolute Gasteiger partial charge is 0.251 e. The number of rotatable bonds is 5. The third kappa shape index (κ3) is 3.72. The van der Waals surface area contributed by atoms with Gasteiger partial charge in [-0.3, -0.25) is 4.90 Å². The van der Waals surface area contributed by atoms with Crippen LogP contribution in [0.5, 0.6) is 0 Å². The highest BCUT2D eigenvalue weighted by atomic mass is 19.3. The molecule has 0 radical (unpaired) electrons. The molecule has 1 aliphatic carbocycles. The summed E-state index contributed by atoms with van der Waals surface area (Å²) in [6.07, 6.45) is 4.69. The molecule has 0 saturated heterocycles. The molecule has 0 aliphatic heterocycles. The average Bonchev–Trinajstić information content (AvgIpc) is 2.18. The molecule has 0 aromatic heterocycles. The van der Waals surface area contributed by atoms with Gasteiger partial charge in [0.1, 0.15) is 0 Å². The average molecular weight is 205 g/mol. The van der Waals surface area contributed by atoms with Crippen LogP contribution in [-0.2, 0) is 0 Å². The van der Waals surface area contributed by atoms with E-state index < -0.39 is 6.43 Å². The number of allylic oxidation sites excluding steroid dienone is 1. The fourth-order valence-electron chi connectivity index (χ4n) is 1.80. The summed E-state index contributed by atoms with van der Waals surface area (Å²) in [6.45, 7) is 0.0337. The SMILES string of the molecule is OCCN(CC(F)F)C1C=CCCC1. The molecule has 0 spiro atoms. The Morgan fingerprint density at radius 1 is 1.50 bits per heavy atom. The lowest BCUT2D eigenvalue weighted by atomic mass is 10.0. The molecule has 0 aromatic carbocycles. The normalized spacial score (nSPS) is 22.2. The highest BCUT2D eigenvalue weighted by Gasteiger charge is 2.20. The number of aliphatic hydroxyl groups excluding tert-OH is 1. The lowest BCUT2D eigenvalue weighted by Crippen LogP contribution is -2.40.